The second-order valence-corrected chi connectivity index (χ2v) is 10.4. The van der Waals surface area contributed by atoms with Gasteiger partial charge in [0.25, 0.3) is 0 Å². The molecular formula is C27H27N5O2S. The molecule has 8 heteroatoms. The Morgan fingerprint density at radius 1 is 0.971 bits per heavy atom. The molecule has 0 amide bonds. The largest absolute Gasteiger partial charge is 0.322 e. The minimum atomic E-state index is -3.69. The van der Waals surface area contributed by atoms with Gasteiger partial charge in [0, 0.05) is 37.8 Å². The summed E-state index contributed by atoms with van der Waals surface area (Å²) in [7, 11) is -3.69. The van der Waals surface area contributed by atoms with Crippen molar-refractivity contribution in [2.45, 2.75) is 31.8 Å². The maximum Gasteiger partial charge on any atom is 0.322 e. The van der Waals surface area contributed by atoms with Gasteiger partial charge in [-0.05, 0) is 46.9 Å². The molecule has 0 atom stereocenters. The number of aliphatic imine (C=N–C) groups is 1. The van der Waals surface area contributed by atoms with Crippen molar-refractivity contribution in [3.05, 3.63) is 95.2 Å². The number of nitrogens with zero attached hydrogens (tertiary/aromatic N) is 3. The molecule has 2 aliphatic rings. The van der Waals surface area contributed by atoms with Crippen LogP contribution in [0, 0.1) is 11.3 Å². The Labute approximate surface area is 206 Å². The molecule has 2 aliphatic heterocycles. The third kappa shape index (κ3) is 5.70. The van der Waals surface area contributed by atoms with Gasteiger partial charge in [-0.2, -0.15) is 13.7 Å². The van der Waals surface area contributed by atoms with E-state index in [-0.39, 0.29) is 6.04 Å². The Morgan fingerprint density at radius 3 is 2.49 bits per heavy atom. The molecular weight excluding hydrogens is 458 g/mol. The number of likely N-dealkylation sites (tertiary alicyclic amines) is 1. The van der Waals surface area contributed by atoms with Crippen molar-refractivity contribution in [1.82, 2.24) is 14.3 Å². The van der Waals surface area contributed by atoms with Gasteiger partial charge in [0.15, 0.2) is 0 Å². The molecule has 0 unspecified atom stereocenters. The zero-order valence-electron chi connectivity index (χ0n) is 19.3. The van der Waals surface area contributed by atoms with E-state index in [9.17, 15) is 8.42 Å². The van der Waals surface area contributed by atoms with Crippen LogP contribution >= 0.6 is 0 Å². The van der Waals surface area contributed by atoms with E-state index in [1.54, 1.807) is 0 Å². The summed E-state index contributed by atoms with van der Waals surface area (Å²) < 4.78 is 30.2. The molecule has 0 spiro atoms. The van der Waals surface area contributed by atoms with Gasteiger partial charge in [-0.3, -0.25) is 19.3 Å². The van der Waals surface area contributed by atoms with Gasteiger partial charge in [-0.1, -0.05) is 54.6 Å². The lowest BCUT2D eigenvalue weighted by molar-refractivity contribution is 0.206. The summed E-state index contributed by atoms with van der Waals surface area (Å²) in [4.78, 5) is 7.12. The minimum absolute atomic E-state index is 0.0677. The summed E-state index contributed by atoms with van der Waals surface area (Å²) in [5.41, 5.74) is 3.52. The van der Waals surface area contributed by atoms with Gasteiger partial charge in [-0.15, -0.1) is 0 Å². The molecule has 1 saturated heterocycles. The second-order valence-electron chi connectivity index (χ2n) is 9.02. The zero-order valence-corrected chi connectivity index (χ0v) is 20.1. The van der Waals surface area contributed by atoms with Crippen molar-refractivity contribution in [3.8, 4) is 6.07 Å². The Hall–Kier alpha value is -3.67. The van der Waals surface area contributed by atoms with E-state index in [4.69, 9.17) is 10.3 Å². The van der Waals surface area contributed by atoms with E-state index in [0.717, 1.165) is 48.8 Å². The quantitative estimate of drug-likeness (QED) is 0.577. The van der Waals surface area contributed by atoms with E-state index in [0.29, 0.717) is 23.5 Å². The molecule has 3 aromatic rings. The summed E-state index contributed by atoms with van der Waals surface area (Å²) in [6.45, 7) is 2.61. The first kappa shape index (κ1) is 23.1. The van der Waals surface area contributed by atoms with Gasteiger partial charge >= 0.3 is 10.2 Å². The average molecular weight is 486 g/mol. The monoisotopic (exact) mass is 485 g/mol. The molecule has 2 heterocycles. The summed E-state index contributed by atoms with van der Waals surface area (Å²) in [5, 5.41) is 11.2. The molecule has 0 bridgehead atoms. The highest BCUT2D eigenvalue weighted by molar-refractivity contribution is 7.88. The minimum Gasteiger partial charge on any atom is -0.299 e. The summed E-state index contributed by atoms with van der Waals surface area (Å²) >= 11 is 0. The molecule has 0 aliphatic carbocycles. The van der Waals surface area contributed by atoms with E-state index in [1.165, 1.54) is 5.56 Å². The number of piperidine rings is 1. The summed E-state index contributed by atoms with van der Waals surface area (Å²) in [6, 6.07) is 24.1. The molecule has 0 aromatic heterocycles. The number of rotatable bonds is 5. The Kier molecular flexibility index (Phi) is 6.53. The van der Waals surface area contributed by atoms with Crippen molar-refractivity contribution in [2.75, 3.05) is 13.1 Å². The Morgan fingerprint density at radius 2 is 1.71 bits per heavy atom. The van der Waals surface area contributed by atoms with Crippen molar-refractivity contribution in [1.29, 1.82) is 5.26 Å². The SMILES string of the molecule is N#Cc1ccc(CN2CCC(N=C3C=C(Cc4cccc5ccccc45)NS(=O)(=O)N3)CC2)cc1. The Bertz CT molecular complexity index is 1430. The predicted octanol–water partition coefficient (Wildman–Crippen LogP) is 3.64. The molecule has 2 N–H and O–H groups in total. The lowest BCUT2D eigenvalue weighted by Gasteiger charge is -2.31. The first-order valence-electron chi connectivity index (χ1n) is 11.7. The molecule has 0 saturated carbocycles. The number of hydrogen-bond donors (Lipinski definition) is 2. The van der Waals surface area contributed by atoms with Crippen molar-refractivity contribution in [3.63, 3.8) is 0 Å². The molecule has 3 aromatic carbocycles. The van der Waals surface area contributed by atoms with Crippen molar-refractivity contribution >= 4 is 26.8 Å². The number of amidine groups is 1. The molecule has 7 nitrogen and oxygen atoms in total. The fourth-order valence-corrected chi connectivity index (χ4v) is 5.62. The van der Waals surface area contributed by atoms with Gasteiger partial charge in [-0.25, -0.2) is 0 Å². The van der Waals surface area contributed by atoms with Gasteiger partial charge in [0.2, 0.25) is 0 Å². The smallest absolute Gasteiger partial charge is 0.299 e. The predicted molar refractivity (Wildman–Crippen MR) is 138 cm³/mol. The number of fused-ring (bicyclic) bond motifs is 1. The highest BCUT2D eigenvalue weighted by Gasteiger charge is 2.23. The lowest BCUT2D eigenvalue weighted by Crippen LogP contribution is -2.45. The van der Waals surface area contributed by atoms with Crippen LogP contribution in [0.3, 0.4) is 0 Å². The maximum absolute atomic E-state index is 12.5. The molecule has 35 heavy (non-hydrogen) atoms. The number of benzene rings is 3. The zero-order chi connectivity index (χ0) is 24.3. The lowest BCUT2D eigenvalue weighted by atomic mass is 10.0. The molecule has 0 radical (unpaired) electrons. The fraction of sp³-hybridized carbons (Fsp3) is 0.259. The maximum atomic E-state index is 12.5. The average Bonchev–Trinajstić information content (AvgIpc) is 2.85. The Balaban J connectivity index is 1.26. The van der Waals surface area contributed by atoms with Crippen LogP contribution in [0.2, 0.25) is 0 Å². The van der Waals surface area contributed by atoms with Crippen LogP contribution in [-0.2, 0) is 23.2 Å². The first-order valence-corrected chi connectivity index (χ1v) is 13.2. The number of nitrogens with one attached hydrogen (secondary N) is 2. The third-order valence-corrected chi connectivity index (χ3v) is 7.45. The highest BCUT2D eigenvalue weighted by atomic mass is 32.2. The molecule has 1 fully saturated rings. The third-order valence-electron chi connectivity index (χ3n) is 6.44. The van der Waals surface area contributed by atoms with E-state index >= 15 is 0 Å². The first-order chi connectivity index (χ1) is 17.0. The summed E-state index contributed by atoms with van der Waals surface area (Å²) in [5.74, 6) is 0.393. The van der Waals surface area contributed by atoms with Crippen molar-refractivity contribution in [2.24, 2.45) is 4.99 Å². The van der Waals surface area contributed by atoms with E-state index < -0.39 is 10.2 Å². The van der Waals surface area contributed by atoms with Crippen LogP contribution in [0.4, 0.5) is 0 Å². The molecule has 178 valence electrons. The second kappa shape index (κ2) is 9.90. The van der Waals surface area contributed by atoms with Crippen LogP contribution in [0.15, 0.2) is 83.5 Å². The fourth-order valence-electron chi connectivity index (χ4n) is 4.71. The van der Waals surface area contributed by atoms with Gasteiger partial charge < -0.3 is 0 Å². The van der Waals surface area contributed by atoms with E-state index in [2.05, 4.69) is 38.6 Å². The molecule has 5 rings (SSSR count). The number of allylic oxidation sites excluding steroid dienone is 1. The standard InChI is InChI=1S/C27H27N5O2S/c28-18-20-8-10-21(11-9-20)19-32-14-12-24(13-15-32)29-27-17-25(30-35(33,34)31-27)16-23-6-3-5-22-4-1-2-7-26(22)23/h1-11,17,24,30H,12-16,19H2,(H,29,31). The van der Waals surface area contributed by atoms with Crippen LogP contribution < -0.4 is 9.44 Å². The highest BCUT2D eigenvalue weighted by Crippen LogP contribution is 2.22. The van der Waals surface area contributed by atoms with Crippen LogP contribution in [0.5, 0.6) is 0 Å². The van der Waals surface area contributed by atoms with Crippen LogP contribution in [0.25, 0.3) is 10.8 Å². The number of hydrogen-bond acceptors (Lipinski definition) is 5. The number of nitriles is 1. The topological polar surface area (TPSA) is 97.6 Å². The normalized spacial score (nSPS) is 19.5. The van der Waals surface area contributed by atoms with E-state index in [1.807, 2.05) is 54.6 Å². The van der Waals surface area contributed by atoms with Crippen LogP contribution in [0.1, 0.15) is 29.5 Å². The van der Waals surface area contributed by atoms with Gasteiger partial charge in [0.1, 0.15) is 5.84 Å². The van der Waals surface area contributed by atoms with Gasteiger partial charge in [0.05, 0.1) is 17.7 Å². The summed E-state index contributed by atoms with van der Waals surface area (Å²) in [6.07, 6.45) is 4.01. The van der Waals surface area contributed by atoms with Crippen molar-refractivity contribution < 1.29 is 8.42 Å². The van der Waals surface area contributed by atoms with Crippen LogP contribution in [-0.4, -0.2) is 38.3 Å².